The van der Waals surface area contributed by atoms with Crippen molar-refractivity contribution in [3.8, 4) is 17.2 Å². The normalized spacial score (nSPS) is 13.6. The van der Waals surface area contributed by atoms with E-state index in [0.717, 1.165) is 0 Å². The van der Waals surface area contributed by atoms with Crippen LogP contribution < -0.4 is 21.7 Å². The molecular formula is C32H38N4O8S. The Hall–Kier alpha value is -4.75. The molecule has 45 heavy (non-hydrogen) atoms. The maximum atomic E-state index is 13.5. The molecule has 0 radical (unpaired) electrons. The average Bonchev–Trinajstić information content (AvgIpc) is 3.01. The number of thioether (sulfide) groups is 1. The summed E-state index contributed by atoms with van der Waals surface area (Å²) in [6.45, 7) is 0. The van der Waals surface area contributed by atoms with Gasteiger partial charge in [0.15, 0.2) is 0 Å². The van der Waals surface area contributed by atoms with Crippen LogP contribution in [0.25, 0.3) is 0 Å². The zero-order valence-corrected chi connectivity index (χ0v) is 25.5. The molecule has 0 bridgehead atoms. The topological polar surface area (TPSA) is 211 Å². The highest BCUT2D eigenvalue weighted by Gasteiger charge is 2.30. The zero-order valence-electron chi connectivity index (χ0n) is 24.7. The van der Waals surface area contributed by atoms with Crippen LogP contribution in [0.2, 0.25) is 0 Å². The number of carbonyl (C=O) groups excluding carboxylic acids is 3. The Kier molecular flexibility index (Phi) is 13.1. The lowest BCUT2D eigenvalue weighted by Gasteiger charge is -2.25. The molecule has 4 atom stereocenters. The highest BCUT2D eigenvalue weighted by atomic mass is 32.2. The van der Waals surface area contributed by atoms with Crippen LogP contribution in [0.3, 0.4) is 0 Å². The Morgan fingerprint density at radius 3 is 1.44 bits per heavy atom. The van der Waals surface area contributed by atoms with Crippen molar-refractivity contribution in [2.24, 2.45) is 5.73 Å². The molecule has 0 fully saturated rings. The lowest BCUT2D eigenvalue weighted by molar-refractivity contribution is -0.142. The Balaban J connectivity index is 1.77. The smallest absolute Gasteiger partial charge is 0.326 e. The summed E-state index contributed by atoms with van der Waals surface area (Å²) in [7, 11) is 0. The monoisotopic (exact) mass is 638 g/mol. The third kappa shape index (κ3) is 11.4. The number of carboxylic acid groups (broad SMARTS) is 1. The third-order valence-electron chi connectivity index (χ3n) is 6.97. The largest absolute Gasteiger partial charge is 0.508 e. The predicted molar refractivity (Wildman–Crippen MR) is 170 cm³/mol. The van der Waals surface area contributed by atoms with Crippen molar-refractivity contribution >= 4 is 35.5 Å². The molecular weight excluding hydrogens is 600 g/mol. The van der Waals surface area contributed by atoms with Gasteiger partial charge in [-0.3, -0.25) is 14.4 Å². The predicted octanol–water partition coefficient (Wildman–Crippen LogP) is 1.45. The van der Waals surface area contributed by atoms with Crippen LogP contribution >= 0.6 is 11.8 Å². The van der Waals surface area contributed by atoms with Gasteiger partial charge in [-0.15, -0.1) is 0 Å². The number of benzene rings is 3. The third-order valence-corrected chi connectivity index (χ3v) is 7.62. The van der Waals surface area contributed by atoms with Gasteiger partial charge in [-0.1, -0.05) is 36.4 Å². The first kappa shape index (κ1) is 34.7. The van der Waals surface area contributed by atoms with Gasteiger partial charge in [0.05, 0.1) is 6.04 Å². The van der Waals surface area contributed by atoms with Gasteiger partial charge in [-0.25, -0.2) is 4.79 Å². The SMILES string of the molecule is CSCCC(NC(=O)C(N)Cc1ccc(O)cc1)C(=O)NC(Cc1ccc(O)cc1)C(=O)NC(Cc1ccc(O)cc1)C(=O)O. The highest BCUT2D eigenvalue weighted by molar-refractivity contribution is 7.98. The van der Waals surface area contributed by atoms with Crippen LogP contribution in [-0.4, -0.2) is 80.3 Å². The van der Waals surface area contributed by atoms with Crippen molar-refractivity contribution in [3.63, 3.8) is 0 Å². The second-order valence-corrected chi connectivity index (χ2v) is 11.5. The van der Waals surface area contributed by atoms with Crippen molar-refractivity contribution in [1.29, 1.82) is 0 Å². The van der Waals surface area contributed by atoms with Gasteiger partial charge in [0.2, 0.25) is 17.7 Å². The maximum absolute atomic E-state index is 13.5. The average molecular weight is 639 g/mol. The van der Waals surface area contributed by atoms with E-state index < -0.39 is 47.9 Å². The molecule has 13 heteroatoms. The molecule has 0 heterocycles. The minimum atomic E-state index is -1.34. The molecule has 0 saturated heterocycles. The van der Waals surface area contributed by atoms with Crippen molar-refractivity contribution in [2.45, 2.75) is 49.9 Å². The maximum Gasteiger partial charge on any atom is 0.326 e. The molecule has 9 N–H and O–H groups in total. The Bertz CT molecular complexity index is 1440. The van der Waals surface area contributed by atoms with Crippen LogP contribution in [0.1, 0.15) is 23.1 Å². The molecule has 3 aromatic carbocycles. The molecule has 0 aliphatic rings. The van der Waals surface area contributed by atoms with E-state index in [1.54, 1.807) is 36.4 Å². The van der Waals surface area contributed by atoms with E-state index in [0.29, 0.717) is 22.4 Å². The van der Waals surface area contributed by atoms with Crippen LogP contribution in [0.15, 0.2) is 72.8 Å². The minimum Gasteiger partial charge on any atom is -0.508 e. The number of phenolic OH excluding ortho intramolecular Hbond substituents is 3. The van der Waals surface area contributed by atoms with Crippen molar-refractivity contribution < 1.29 is 39.6 Å². The number of nitrogens with one attached hydrogen (secondary N) is 3. The summed E-state index contributed by atoms with van der Waals surface area (Å²) in [5, 5.41) is 46.4. The zero-order chi connectivity index (χ0) is 32.9. The van der Waals surface area contributed by atoms with Gasteiger partial charge in [0, 0.05) is 12.8 Å². The number of amides is 3. The van der Waals surface area contributed by atoms with E-state index in [4.69, 9.17) is 5.73 Å². The summed E-state index contributed by atoms with van der Waals surface area (Å²) in [5.41, 5.74) is 7.97. The van der Waals surface area contributed by atoms with Gasteiger partial charge >= 0.3 is 5.97 Å². The first-order valence-electron chi connectivity index (χ1n) is 14.2. The van der Waals surface area contributed by atoms with E-state index in [9.17, 15) is 39.6 Å². The van der Waals surface area contributed by atoms with Crippen molar-refractivity contribution in [2.75, 3.05) is 12.0 Å². The molecule has 4 unspecified atom stereocenters. The van der Waals surface area contributed by atoms with Gasteiger partial charge < -0.3 is 42.1 Å². The second kappa shape index (κ2) is 16.9. The van der Waals surface area contributed by atoms with E-state index >= 15 is 0 Å². The number of hydrogen-bond donors (Lipinski definition) is 8. The van der Waals surface area contributed by atoms with E-state index in [2.05, 4.69) is 16.0 Å². The van der Waals surface area contributed by atoms with Crippen LogP contribution in [0.5, 0.6) is 17.2 Å². The standard InChI is InChI=1S/C32H38N4O8S/c1-45-15-14-26(34-29(40)25(33)16-19-2-8-22(37)9-3-19)30(41)35-27(17-20-4-10-23(38)11-5-20)31(42)36-28(32(43)44)18-21-6-12-24(39)13-7-21/h2-13,25-28,37-39H,14-18,33H2,1H3,(H,34,40)(H,35,41)(H,36,42)(H,43,44). The number of aromatic hydroxyl groups is 3. The van der Waals surface area contributed by atoms with Crippen LogP contribution in [0, 0.1) is 0 Å². The first-order chi connectivity index (χ1) is 21.4. The number of carboxylic acids is 1. The van der Waals surface area contributed by atoms with Gasteiger partial charge in [0.1, 0.15) is 35.4 Å². The highest BCUT2D eigenvalue weighted by Crippen LogP contribution is 2.15. The van der Waals surface area contributed by atoms with Gasteiger partial charge in [-0.2, -0.15) is 11.8 Å². The number of carbonyl (C=O) groups is 4. The van der Waals surface area contributed by atoms with Gasteiger partial charge in [-0.05, 0) is 77.9 Å². The van der Waals surface area contributed by atoms with Crippen LogP contribution in [-0.2, 0) is 38.4 Å². The summed E-state index contributed by atoms with van der Waals surface area (Å²) >= 11 is 1.46. The Morgan fingerprint density at radius 1 is 0.622 bits per heavy atom. The van der Waals surface area contributed by atoms with E-state index in [1.807, 2.05) is 6.26 Å². The molecule has 3 amide bonds. The quantitative estimate of drug-likeness (QED) is 0.113. The number of aliphatic carboxylic acids is 1. The lowest BCUT2D eigenvalue weighted by atomic mass is 10.0. The first-order valence-corrected chi connectivity index (χ1v) is 15.6. The van der Waals surface area contributed by atoms with Crippen molar-refractivity contribution in [3.05, 3.63) is 89.5 Å². The molecule has 0 aliphatic heterocycles. The van der Waals surface area contributed by atoms with E-state index in [1.165, 1.54) is 48.2 Å². The molecule has 0 saturated carbocycles. The molecule has 0 aromatic heterocycles. The number of phenols is 3. The Morgan fingerprint density at radius 2 is 1.00 bits per heavy atom. The number of rotatable bonds is 16. The lowest BCUT2D eigenvalue weighted by Crippen LogP contribution is -2.58. The summed E-state index contributed by atoms with van der Waals surface area (Å²) in [6, 6.07) is 13.5. The summed E-state index contributed by atoms with van der Waals surface area (Å²) in [4.78, 5) is 52.1. The fourth-order valence-corrected chi connectivity index (χ4v) is 4.92. The molecule has 3 aromatic rings. The fourth-order valence-electron chi connectivity index (χ4n) is 4.45. The summed E-state index contributed by atoms with van der Waals surface area (Å²) in [5.74, 6) is -2.69. The van der Waals surface area contributed by atoms with Crippen molar-refractivity contribution in [1.82, 2.24) is 16.0 Å². The fraction of sp³-hybridized carbons (Fsp3) is 0.312. The number of hydrogen-bond acceptors (Lipinski definition) is 9. The van der Waals surface area contributed by atoms with E-state index in [-0.39, 0.29) is 42.9 Å². The molecule has 0 aliphatic carbocycles. The summed E-state index contributed by atoms with van der Waals surface area (Å²) in [6.07, 6.45) is 2.12. The summed E-state index contributed by atoms with van der Waals surface area (Å²) < 4.78 is 0. The van der Waals surface area contributed by atoms with Gasteiger partial charge in [0.25, 0.3) is 0 Å². The Labute approximate surface area is 265 Å². The molecule has 240 valence electrons. The number of nitrogens with two attached hydrogens (primary N) is 1. The van der Waals surface area contributed by atoms with Crippen LogP contribution in [0.4, 0.5) is 0 Å². The molecule has 12 nitrogen and oxygen atoms in total. The minimum absolute atomic E-state index is 0.00658. The molecule has 0 spiro atoms. The molecule has 3 rings (SSSR count). The second-order valence-electron chi connectivity index (χ2n) is 10.5.